The van der Waals surface area contributed by atoms with Crippen LogP contribution in [-0.4, -0.2) is 11.8 Å². The number of ketones is 1. The highest BCUT2D eigenvalue weighted by molar-refractivity contribution is 5.86. The fourth-order valence-electron chi connectivity index (χ4n) is 1.24. The van der Waals surface area contributed by atoms with Crippen molar-refractivity contribution in [3.63, 3.8) is 0 Å². The van der Waals surface area contributed by atoms with Crippen LogP contribution in [0.3, 0.4) is 0 Å². The van der Waals surface area contributed by atoms with Crippen molar-refractivity contribution in [3.05, 3.63) is 29.8 Å². The quantitative estimate of drug-likeness (QED) is 0.702. The number of hydrogen-bond donors (Lipinski definition) is 2. The molecule has 0 bridgehead atoms. The normalized spacial score (nSPS) is 12.4. The number of Topliss-reactive ketones (excluding diaryl/α,β-unsaturated/α-hetero) is 1. The summed E-state index contributed by atoms with van der Waals surface area (Å²) in [6.07, 6.45) is 1.01. The number of nitrogen functional groups attached to an aromatic ring is 1. The minimum atomic E-state index is -0.366. The zero-order chi connectivity index (χ0) is 10.6. The lowest BCUT2D eigenvalue weighted by Crippen LogP contribution is -2.31. The van der Waals surface area contributed by atoms with Gasteiger partial charge >= 0.3 is 0 Å². The minimum Gasteiger partial charge on any atom is -0.398 e. The van der Waals surface area contributed by atoms with Gasteiger partial charge in [0.1, 0.15) is 0 Å². The minimum absolute atomic E-state index is 0.0467. The Morgan fingerprint density at radius 2 is 2.07 bits per heavy atom. The van der Waals surface area contributed by atoms with Crippen molar-refractivity contribution in [3.8, 4) is 0 Å². The lowest BCUT2D eigenvalue weighted by Gasteiger charge is -2.08. The predicted octanol–water partition coefficient (Wildman–Crippen LogP) is 1.12. The highest BCUT2D eigenvalue weighted by Crippen LogP contribution is 2.12. The largest absolute Gasteiger partial charge is 0.398 e. The van der Waals surface area contributed by atoms with Gasteiger partial charge in [0.15, 0.2) is 5.78 Å². The van der Waals surface area contributed by atoms with Gasteiger partial charge in [-0.1, -0.05) is 25.1 Å². The molecule has 0 fully saturated rings. The summed E-state index contributed by atoms with van der Waals surface area (Å²) >= 11 is 0. The number of benzene rings is 1. The van der Waals surface area contributed by atoms with Gasteiger partial charge in [0.2, 0.25) is 0 Å². The zero-order valence-electron chi connectivity index (χ0n) is 8.36. The van der Waals surface area contributed by atoms with E-state index < -0.39 is 0 Å². The van der Waals surface area contributed by atoms with Crippen LogP contribution in [0.5, 0.6) is 0 Å². The molecule has 0 saturated heterocycles. The van der Waals surface area contributed by atoms with Gasteiger partial charge < -0.3 is 11.5 Å². The molecule has 1 rings (SSSR count). The fourth-order valence-corrected chi connectivity index (χ4v) is 1.24. The highest BCUT2D eigenvalue weighted by atomic mass is 16.1. The van der Waals surface area contributed by atoms with E-state index in [-0.39, 0.29) is 11.8 Å². The van der Waals surface area contributed by atoms with Crippen molar-refractivity contribution >= 4 is 11.5 Å². The van der Waals surface area contributed by atoms with Gasteiger partial charge in [0.25, 0.3) is 0 Å². The van der Waals surface area contributed by atoms with E-state index in [0.717, 1.165) is 5.56 Å². The first-order chi connectivity index (χ1) is 6.65. The van der Waals surface area contributed by atoms with E-state index in [9.17, 15) is 4.79 Å². The molecule has 4 N–H and O–H groups in total. The molecular formula is C11H16N2O. The SMILES string of the molecule is CCC(N)C(=O)Cc1ccccc1N. The topological polar surface area (TPSA) is 69.1 Å². The van der Waals surface area contributed by atoms with Gasteiger partial charge in [-0.25, -0.2) is 0 Å². The van der Waals surface area contributed by atoms with E-state index in [1.54, 1.807) is 6.07 Å². The number of carbonyl (C=O) groups excluding carboxylic acids is 1. The van der Waals surface area contributed by atoms with Crippen molar-refractivity contribution in [2.24, 2.45) is 5.73 Å². The van der Waals surface area contributed by atoms with Gasteiger partial charge in [-0.05, 0) is 18.1 Å². The molecule has 3 heteroatoms. The number of anilines is 1. The molecule has 0 amide bonds. The molecular weight excluding hydrogens is 176 g/mol. The Bertz CT molecular complexity index is 323. The van der Waals surface area contributed by atoms with Crippen molar-refractivity contribution in [1.29, 1.82) is 0 Å². The van der Waals surface area contributed by atoms with Gasteiger partial charge in [0, 0.05) is 12.1 Å². The smallest absolute Gasteiger partial charge is 0.153 e. The zero-order valence-corrected chi connectivity index (χ0v) is 8.36. The molecule has 14 heavy (non-hydrogen) atoms. The summed E-state index contributed by atoms with van der Waals surface area (Å²) in [7, 11) is 0. The molecule has 0 aliphatic heterocycles. The molecule has 1 unspecified atom stereocenters. The maximum atomic E-state index is 11.5. The molecule has 0 aromatic heterocycles. The van der Waals surface area contributed by atoms with Crippen LogP contribution < -0.4 is 11.5 Å². The van der Waals surface area contributed by atoms with Crippen molar-refractivity contribution in [2.45, 2.75) is 25.8 Å². The summed E-state index contributed by atoms with van der Waals surface area (Å²) in [5, 5.41) is 0. The van der Waals surface area contributed by atoms with Gasteiger partial charge in [-0.15, -0.1) is 0 Å². The third kappa shape index (κ3) is 2.57. The Balaban J connectivity index is 2.70. The first-order valence-electron chi connectivity index (χ1n) is 4.76. The second kappa shape index (κ2) is 4.77. The second-order valence-electron chi connectivity index (χ2n) is 3.36. The van der Waals surface area contributed by atoms with Crippen LogP contribution >= 0.6 is 0 Å². The van der Waals surface area contributed by atoms with Gasteiger partial charge in [-0.2, -0.15) is 0 Å². The Labute approximate surface area is 84.1 Å². The first-order valence-corrected chi connectivity index (χ1v) is 4.76. The van der Waals surface area contributed by atoms with Crippen LogP contribution in [-0.2, 0) is 11.2 Å². The van der Waals surface area contributed by atoms with E-state index >= 15 is 0 Å². The number of hydrogen-bond acceptors (Lipinski definition) is 3. The average molecular weight is 192 g/mol. The third-order valence-corrected chi connectivity index (χ3v) is 2.27. The predicted molar refractivity (Wildman–Crippen MR) is 57.8 cm³/mol. The summed E-state index contributed by atoms with van der Waals surface area (Å²) in [6, 6.07) is 7.00. The summed E-state index contributed by atoms with van der Waals surface area (Å²) in [6.45, 7) is 1.90. The number of nitrogens with two attached hydrogens (primary N) is 2. The summed E-state index contributed by atoms with van der Waals surface area (Å²) in [5.74, 6) is 0.0467. The van der Waals surface area contributed by atoms with Crippen LogP contribution in [0.4, 0.5) is 5.69 Å². The highest BCUT2D eigenvalue weighted by Gasteiger charge is 2.12. The summed E-state index contributed by atoms with van der Waals surface area (Å²) in [5.41, 5.74) is 12.9. The summed E-state index contributed by atoms with van der Waals surface area (Å²) < 4.78 is 0. The standard InChI is InChI=1S/C11H16N2O/c1-2-9(12)11(14)7-8-5-3-4-6-10(8)13/h3-6,9H,2,7,12-13H2,1H3. The third-order valence-electron chi connectivity index (χ3n) is 2.27. The molecule has 1 aromatic carbocycles. The molecule has 0 aliphatic rings. The van der Waals surface area contributed by atoms with E-state index in [0.29, 0.717) is 18.5 Å². The Morgan fingerprint density at radius 3 is 2.64 bits per heavy atom. The van der Waals surface area contributed by atoms with Crippen LogP contribution in [0.15, 0.2) is 24.3 Å². The molecule has 0 heterocycles. The van der Waals surface area contributed by atoms with Crippen LogP contribution in [0.25, 0.3) is 0 Å². The lowest BCUT2D eigenvalue weighted by molar-refractivity contribution is -0.119. The maximum absolute atomic E-state index is 11.5. The molecule has 0 saturated carbocycles. The molecule has 76 valence electrons. The maximum Gasteiger partial charge on any atom is 0.153 e. The molecule has 0 radical (unpaired) electrons. The fraction of sp³-hybridized carbons (Fsp3) is 0.364. The van der Waals surface area contributed by atoms with Gasteiger partial charge in [0.05, 0.1) is 6.04 Å². The first kappa shape index (κ1) is 10.7. The van der Waals surface area contributed by atoms with E-state index in [4.69, 9.17) is 11.5 Å². The van der Waals surface area contributed by atoms with E-state index in [1.165, 1.54) is 0 Å². The van der Waals surface area contributed by atoms with E-state index in [1.807, 2.05) is 25.1 Å². The number of carbonyl (C=O) groups is 1. The number of rotatable bonds is 4. The Morgan fingerprint density at radius 1 is 1.43 bits per heavy atom. The molecule has 0 aliphatic carbocycles. The Kier molecular flexibility index (Phi) is 3.65. The van der Waals surface area contributed by atoms with Crippen LogP contribution in [0.1, 0.15) is 18.9 Å². The molecule has 0 spiro atoms. The van der Waals surface area contributed by atoms with Crippen LogP contribution in [0.2, 0.25) is 0 Å². The van der Waals surface area contributed by atoms with Crippen LogP contribution in [0, 0.1) is 0 Å². The summed E-state index contributed by atoms with van der Waals surface area (Å²) in [4.78, 5) is 11.5. The lowest BCUT2D eigenvalue weighted by atomic mass is 10.0. The Hall–Kier alpha value is -1.35. The average Bonchev–Trinajstić information content (AvgIpc) is 2.20. The molecule has 1 atom stereocenters. The number of para-hydroxylation sites is 1. The van der Waals surface area contributed by atoms with Gasteiger partial charge in [-0.3, -0.25) is 4.79 Å². The monoisotopic (exact) mass is 192 g/mol. The molecule has 1 aromatic rings. The van der Waals surface area contributed by atoms with E-state index in [2.05, 4.69) is 0 Å². The van der Waals surface area contributed by atoms with Crippen molar-refractivity contribution in [1.82, 2.24) is 0 Å². The van der Waals surface area contributed by atoms with Crippen molar-refractivity contribution < 1.29 is 4.79 Å². The van der Waals surface area contributed by atoms with Crippen molar-refractivity contribution in [2.75, 3.05) is 5.73 Å². The molecule has 3 nitrogen and oxygen atoms in total. The second-order valence-corrected chi connectivity index (χ2v) is 3.36.